The van der Waals surface area contributed by atoms with Gasteiger partial charge in [0, 0.05) is 5.69 Å². The molecule has 0 amide bonds. The zero-order valence-corrected chi connectivity index (χ0v) is 13.1. The second-order valence-electron chi connectivity index (χ2n) is 4.98. The largest absolute Gasteiger partial charge is 0.490 e. The summed E-state index contributed by atoms with van der Waals surface area (Å²) in [6.45, 7) is 7.59. The topological polar surface area (TPSA) is 67.9 Å². The Morgan fingerprint density at radius 2 is 2.09 bits per heavy atom. The summed E-state index contributed by atoms with van der Waals surface area (Å²) in [5, 5.41) is 13.4. The van der Waals surface area contributed by atoms with Crippen molar-refractivity contribution in [1.29, 1.82) is 5.26 Å². The Bertz CT molecular complexity index is 793. The van der Waals surface area contributed by atoms with Gasteiger partial charge in [-0.05, 0) is 43.7 Å². The lowest BCUT2D eigenvalue weighted by Crippen LogP contribution is -2.15. The Morgan fingerprint density at radius 1 is 1.39 bits per heavy atom. The van der Waals surface area contributed by atoms with Gasteiger partial charge in [0.2, 0.25) is 0 Å². The number of nitriles is 1. The Labute approximate surface area is 135 Å². The van der Waals surface area contributed by atoms with E-state index in [1.807, 2.05) is 6.07 Å². The summed E-state index contributed by atoms with van der Waals surface area (Å²) in [5.74, 6) is 0.260. The number of rotatable bonds is 5. The van der Waals surface area contributed by atoms with Crippen LogP contribution in [0.25, 0.3) is 6.08 Å². The van der Waals surface area contributed by atoms with E-state index < -0.39 is 5.91 Å². The van der Waals surface area contributed by atoms with Crippen LogP contribution < -0.4 is 4.74 Å². The van der Waals surface area contributed by atoms with Crippen LogP contribution in [0.5, 0.6) is 5.75 Å². The van der Waals surface area contributed by atoms with Gasteiger partial charge in [-0.2, -0.15) is 10.4 Å². The minimum Gasteiger partial charge on any atom is -0.490 e. The van der Waals surface area contributed by atoms with Crippen LogP contribution >= 0.6 is 0 Å². The van der Waals surface area contributed by atoms with Crippen LogP contribution in [0.15, 0.2) is 48.6 Å². The van der Waals surface area contributed by atoms with Crippen LogP contribution in [0.4, 0.5) is 0 Å². The smallest absolute Gasteiger partial charge is 0.289 e. The second kappa shape index (κ2) is 7.23. The van der Waals surface area contributed by atoms with Gasteiger partial charge in [-0.1, -0.05) is 24.8 Å². The molecule has 0 N–H and O–H groups in total. The number of nitrogens with zero attached hydrogens (tertiary/aromatic N) is 3. The van der Waals surface area contributed by atoms with Gasteiger partial charge >= 0.3 is 0 Å². The molecule has 0 aliphatic carbocycles. The quantitative estimate of drug-likeness (QED) is 0.483. The highest BCUT2D eigenvalue weighted by atomic mass is 16.5. The highest BCUT2D eigenvalue weighted by molar-refractivity contribution is 6.03. The Hall–Kier alpha value is -3.13. The molecule has 5 nitrogen and oxygen atoms in total. The lowest BCUT2D eigenvalue weighted by molar-refractivity contribution is 0.0944. The molecule has 2 rings (SSSR count). The molecule has 0 bridgehead atoms. The number of ether oxygens (including phenoxy) is 1. The molecule has 0 saturated carbocycles. The summed E-state index contributed by atoms with van der Waals surface area (Å²) in [4.78, 5) is 12.4. The minimum atomic E-state index is -0.440. The fraction of sp³-hybridized carbons (Fsp3) is 0.167. The lowest BCUT2D eigenvalue weighted by Gasteiger charge is -2.04. The zero-order valence-electron chi connectivity index (χ0n) is 13.1. The van der Waals surface area contributed by atoms with Crippen molar-refractivity contribution in [2.24, 2.45) is 0 Å². The molecule has 116 valence electrons. The van der Waals surface area contributed by atoms with Gasteiger partial charge < -0.3 is 4.74 Å². The first-order valence-electron chi connectivity index (χ1n) is 7.08. The molecular weight excluding hydrogens is 290 g/mol. The standard InChI is InChI=1S/C18H17N3O2/c1-4-9-23-17-7-5-15(6-8-17)11-16(12-19)18(22)21-14(3)10-13(2)20-21/h4-8,10-11H,1,9H2,2-3H3/b16-11+. The van der Waals surface area contributed by atoms with Crippen LogP contribution in [0.3, 0.4) is 0 Å². The maximum atomic E-state index is 12.4. The highest BCUT2D eigenvalue weighted by Crippen LogP contribution is 2.15. The van der Waals surface area contributed by atoms with Crippen molar-refractivity contribution in [3.8, 4) is 11.8 Å². The molecule has 1 heterocycles. The molecule has 0 aliphatic rings. The average molecular weight is 307 g/mol. The van der Waals surface area contributed by atoms with Crippen LogP contribution in [0.2, 0.25) is 0 Å². The lowest BCUT2D eigenvalue weighted by atomic mass is 10.1. The highest BCUT2D eigenvalue weighted by Gasteiger charge is 2.15. The maximum Gasteiger partial charge on any atom is 0.289 e. The predicted octanol–water partition coefficient (Wildman–Crippen LogP) is 3.31. The van der Waals surface area contributed by atoms with E-state index in [2.05, 4.69) is 11.7 Å². The molecule has 1 aromatic heterocycles. The van der Waals surface area contributed by atoms with Gasteiger partial charge in [-0.25, -0.2) is 4.68 Å². The van der Waals surface area contributed by atoms with Crippen molar-refractivity contribution in [2.75, 3.05) is 6.61 Å². The molecule has 0 radical (unpaired) electrons. The number of carbonyl (C=O) groups is 1. The van der Waals surface area contributed by atoms with Gasteiger partial charge in [0.25, 0.3) is 5.91 Å². The van der Waals surface area contributed by atoms with E-state index in [0.29, 0.717) is 18.1 Å². The van der Waals surface area contributed by atoms with E-state index in [4.69, 9.17) is 4.74 Å². The number of aromatic nitrogens is 2. The number of carbonyl (C=O) groups excluding carboxylic acids is 1. The van der Waals surface area contributed by atoms with E-state index in [0.717, 1.165) is 11.3 Å². The van der Waals surface area contributed by atoms with Crippen molar-refractivity contribution in [2.45, 2.75) is 13.8 Å². The molecule has 0 fully saturated rings. The van der Waals surface area contributed by atoms with Gasteiger partial charge in [-0.3, -0.25) is 4.79 Å². The summed E-state index contributed by atoms with van der Waals surface area (Å²) in [6, 6.07) is 10.8. The number of hydrogen-bond acceptors (Lipinski definition) is 4. The van der Waals surface area contributed by atoms with Crippen LogP contribution in [0.1, 0.15) is 21.7 Å². The van der Waals surface area contributed by atoms with Crippen molar-refractivity contribution in [3.63, 3.8) is 0 Å². The van der Waals surface area contributed by atoms with E-state index in [1.165, 1.54) is 10.8 Å². The van der Waals surface area contributed by atoms with Gasteiger partial charge in [0.1, 0.15) is 24.0 Å². The van der Waals surface area contributed by atoms with Gasteiger partial charge in [0.15, 0.2) is 0 Å². The maximum absolute atomic E-state index is 12.4. The van der Waals surface area contributed by atoms with E-state index in [1.54, 1.807) is 50.3 Å². The van der Waals surface area contributed by atoms with Crippen LogP contribution in [0, 0.1) is 25.2 Å². The van der Waals surface area contributed by atoms with E-state index in [9.17, 15) is 10.1 Å². The third-order valence-electron chi connectivity index (χ3n) is 3.11. The first-order chi connectivity index (χ1) is 11.0. The van der Waals surface area contributed by atoms with Gasteiger partial charge in [0.05, 0.1) is 5.69 Å². The number of benzene rings is 1. The monoisotopic (exact) mass is 307 g/mol. The fourth-order valence-electron chi connectivity index (χ4n) is 2.07. The summed E-state index contributed by atoms with van der Waals surface area (Å²) in [6.07, 6.45) is 3.20. The molecular formula is C18H17N3O2. The number of hydrogen-bond donors (Lipinski definition) is 0. The molecule has 0 saturated heterocycles. The zero-order chi connectivity index (χ0) is 16.8. The van der Waals surface area contributed by atoms with Crippen LogP contribution in [-0.4, -0.2) is 22.3 Å². The summed E-state index contributed by atoms with van der Waals surface area (Å²) in [7, 11) is 0. The summed E-state index contributed by atoms with van der Waals surface area (Å²) < 4.78 is 6.63. The molecule has 23 heavy (non-hydrogen) atoms. The van der Waals surface area contributed by atoms with E-state index >= 15 is 0 Å². The summed E-state index contributed by atoms with van der Waals surface area (Å²) in [5.41, 5.74) is 2.19. The summed E-state index contributed by atoms with van der Waals surface area (Å²) >= 11 is 0. The molecule has 5 heteroatoms. The SMILES string of the molecule is C=CCOc1ccc(/C=C(\C#N)C(=O)n2nc(C)cc2C)cc1. The van der Waals surface area contributed by atoms with Crippen molar-refractivity contribution < 1.29 is 9.53 Å². The molecule has 0 unspecified atom stereocenters. The normalized spacial score (nSPS) is 10.9. The third kappa shape index (κ3) is 3.95. The van der Waals surface area contributed by atoms with Crippen LogP contribution in [-0.2, 0) is 0 Å². The Balaban J connectivity index is 2.25. The van der Waals surface area contributed by atoms with Crippen molar-refractivity contribution in [3.05, 3.63) is 65.5 Å². The molecule has 0 spiro atoms. The molecule has 0 atom stereocenters. The van der Waals surface area contributed by atoms with E-state index in [-0.39, 0.29) is 5.57 Å². The molecule has 2 aromatic rings. The predicted molar refractivity (Wildman–Crippen MR) is 88.1 cm³/mol. The average Bonchev–Trinajstić information content (AvgIpc) is 2.89. The van der Waals surface area contributed by atoms with Gasteiger partial charge in [-0.15, -0.1) is 0 Å². The fourth-order valence-corrected chi connectivity index (χ4v) is 2.07. The first kappa shape index (κ1) is 16.2. The molecule has 0 aliphatic heterocycles. The first-order valence-corrected chi connectivity index (χ1v) is 7.08. The third-order valence-corrected chi connectivity index (χ3v) is 3.11. The Kier molecular flexibility index (Phi) is 5.11. The molecule has 1 aromatic carbocycles. The number of allylic oxidation sites excluding steroid dienone is 1. The minimum absolute atomic E-state index is 0.0240. The van der Waals surface area contributed by atoms with Crippen molar-refractivity contribution in [1.82, 2.24) is 9.78 Å². The second-order valence-corrected chi connectivity index (χ2v) is 4.98. The number of aryl methyl sites for hydroxylation is 2. The van der Waals surface area contributed by atoms with Crippen molar-refractivity contribution >= 4 is 12.0 Å². The Morgan fingerprint density at radius 3 is 2.61 bits per heavy atom.